The molecule has 192 valence electrons. The monoisotopic (exact) mass is 503 g/mol. The van der Waals surface area contributed by atoms with Crippen LogP contribution in [0.4, 0.5) is 4.39 Å². The standard InChI is InChI=1S/C27H38FN3O3S/c1-30(2)35(32,33)29-27-15-16-31(18-21-7-4-3-5-8-21)19-24(27)20-34-26-13-11-22(12-14-26)23-9-6-10-25(28)17-23/h3-10,17,22,24,26-27,29H,11-16,18-20H2,1-2H3/t22?,24-,26?,27-/m0/s1. The van der Waals surface area contributed by atoms with Crippen LogP contribution in [0, 0.1) is 11.7 Å². The zero-order chi connectivity index (χ0) is 24.8. The van der Waals surface area contributed by atoms with Gasteiger partial charge in [0, 0.05) is 45.7 Å². The second kappa shape index (κ2) is 11.9. The summed E-state index contributed by atoms with van der Waals surface area (Å²) in [6.07, 6.45) is 4.76. The van der Waals surface area contributed by atoms with E-state index in [4.69, 9.17) is 4.74 Å². The Labute approximate surface area is 209 Å². The molecule has 8 heteroatoms. The van der Waals surface area contributed by atoms with Gasteiger partial charge in [-0.3, -0.25) is 4.90 Å². The lowest BCUT2D eigenvalue weighted by atomic mass is 9.82. The first-order valence-electron chi connectivity index (χ1n) is 12.6. The fourth-order valence-corrected chi connectivity index (χ4v) is 6.20. The first-order valence-corrected chi connectivity index (χ1v) is 14.1. The second-order valence-electron chi connectivity index (χ2n) is 10.1. The van der Waals surface area contributed by atoms with Crippen LogP contribution in [0.1, 0.15) is 49.1 Å². The highest BCUT2D eigenvalue weighted by Crippen LogP contribution is 2.34. The first kappa shape index (κ1) is 26.2. The maximum Gasteiger partial charge on any atom is 0.279 e. The maximum absolute atomic E-state index is 13.6. The van der Waals surface area contributed by atoms with Crippen molar-refractivity contribution in [2.45, 2.75) is 56.7 Å². The quantitative estimate of drug-likeness (QED) is 0.558. The summed E-state index contributed by atoms with van der Waals surface area (Å²) in [5.74, 6) is 0.272. The van der Waals surface area contributed by atoms with Gasteiger partial charge in [-0.15, -0.1) is 0 Å². The number of hydrogen-bond acceptors (Lipinski definition) is 4. The average molecular weight is 504 g/mol. The molecule has 1 heterocycles. The molecule has 0 unspecified atom stereocenters. The zero-order valence-electron chi connectivity index (χ0n) is 20.8. The molecule has 4 rings (SSSR count). The van der Waals surface area contributed by atoms with E-state index in [1.807, 2.05) is 24.3 Å². The van der Waals surface area contributed by atoms with E-state index in [0.29, 0.717) is 12.5 Å². The average Bonchev–Trinajstić information content (AvgIpc) is 2.85. The number of likely N-dealkylation sites (tertiary alicyclic amines) is 1. The van der Waals surface area contributed by atoms with E-state index in [9.17, 15) is 12.8 Å². The molecule has 1 N–H and O–H groups in total. The van der Waals surface area contributed by atoms with Gasteiger partial charge < -0.3 is 4.74 Å². The van der Waals surface area contributed by atoms with Gasteiger partial charge in [0.15, 0.2) is 0 Å². The van der Waals surface area contributed by atoms with Crippen LogP contribution >= 0.6 is 0 Å². The van der Waals surface area contributed by atoms with Gasteiger partial charge in [-0.1, -0.05) is 42.5 Å². The Morgan fingerprint density at radius 1 is 1.03 bits per heavy atom. The van der Waals surface area contributed by atoms with Crippen LogP contribution in [0.2, 0.25) is 0 Å². The molecule has 2 aromatic carbocycles. The molecule has 0 amide bonds. The van der Waals surface area contributed by atoms with Crippen molar-refractivity contribution in [1.29, 1.82) is 0 Å². The van der Waals surface area contributed by atoms with Crippen molar-refractivity contribution < 1.29 is 17.5 Å². The summed E-state index contributed by atoms with van der Waals surface area (Å²) >= 11 is 0. The minimum atomic E-state index is -3.51. The van der Waals surface area contributed by atoms with Crippen LogP contribution in [0.5, 0.6) is 0 Å². The highest BCUT2D eigenvalue weighted by atomic mass is 32.2. The Balaban J connectivity index is 1.35. The highest BCUT2D eigenvalue weighted by molar-refractivity contribution is 7.87. The number of rotatable bonds is 9. The molecule has 1 saturated carbocycles. The summed E-state index contributed by atoms with van der Waals surface area (Å²) in [6, 6.07) is 17.2. The SMILES string of the molecule is CN(C)S(=O)(=O)N[C@H]1CCN(Cc2ccccc2)C[C@H]1COC1CCC(c2cccc(F)c2)CC1. The van der Waals surface area contributed by atoms with Gasteiger partial charge in [0.25, 0.3) is 10.2 Å². The molecular weight excluding hydrogens is 465 g/mol. The van der Waals surface area contributed by atoms with Gasteiger partial charge >= 0.3 is 0 Å². The molecule has 0 bridgehead atoms. The summed E-state index contributed by atoms with van der Waals surface area (Å²) in [7, 11) is -0.411. The van der Waals surface area contributed by atoms with Crippen molar-refractivity contribution in [2.24, 2.45) is 5.92 Å². The van der Waals surface area contributed by atoms with Gasteiger partial charge in [-0.2, -0.15) is 17.4 Å². The molecule has 1 aliphatic carbocycles. The largest absolute Gasteiger partial charge is 0.378 e. The Morgan fingerprint density at radius 2 is 1.77 bits per heavy atom. The van der Waals surface area contributed by atoms with Crippen LogP contribution in [0.25, 0.3) is 0 Å². The number of nitrogens with zero attached hydrogens (tertiary/aromatic N) is 2. The van der Waals surface area contributed by atoms with Gasteiger partial charge in [-0.25, -0.2) is 4.39 Å². The minimum Gasteiger partial charge on any atom is -0.378 e. The molecule has 0 radical (unpaired) electrons. The molecule has 2 aliphatic rings. The van der Waals surface area contributed by atoms with Gasteiger partial charge in [0.2, 0.25) is 0 Å². The molecule has 35 heavy (non-hydrogen) atoms. The Morgan fingerprint density at radius 3 is 2.46 bits per heavy atom. The van der Waals surface area contributed by atoms with E-state index in [0.717, 1.165) is 57.3 Å². The lowest BCUT2D eigenvalue weighted by Crippen LogP contribution is -2.54. The molecule has 2 aromatic rings. The number of piperidine rings is 1. The van der Waals surface area contributed by atoms with E-state index in [-0.39, 0.29) is 23.9 Å². The molecule has 2 fully saturated rings. The van der Waals surface area contributed by atoms with Crippen molar-refractivity contribution in [3.05, 3.63) is 71.5 Å². The normalized spacial score (nSPS) is 26.2. The van der Waals surface area contributed by atoms with Gasteiger partial charge in [0.1, 0.15) is 5.82 Å². The topological polar surface area (TPSA) is 61.9 Å². The van der Waals surface area contributed by atoms with E-state index >= 15 is 0 Å². The lowest BCUT2D eigenvalue weighted by molar-refractivity contribution is -0.0180. The third kappa shape index (κ3) is 7.33. The molecule has 1 aliphatic heterocycles. The van der Waals surface area contributed by atoms with Crippen LogP contribution in [-0.2, 0) is 21.5 Å². The predicted molar refractivity (Wildman–Crippen MR) is 137 cm³/mol. The van der Waals surface area contributed by atoms with Crippen molar-refractivity contribution in [1.82, 2.24) is 13.9 Å². The van der Waals surface area contributed by atoms with E-state index in [1.165, 1.54) is 15.9 Å². The van der Waals surface area contributed by atoms with Crippen molar-refractivity contribution in [3.8, 4) is 0 Å². The van der Waals surface area contributed by atoms with Gasteiger partial charge in [0.05, 0.1) is 12.7 Å². The summed E-state index contributed by atoms with van der Waals surface area (Å²) in [5.41, 5.74) is 2.33. The fourth-order valence-electron chi connectivity index (χ4n) is 5.30. The molecular formula is C27H38FN3O3S. The smallest absolute Gasteiger partial charge is 0.279 e. The molecule has 0 spiro atoms. The predicted octanol–water partition coefficient (Wildman–Crippen LogP) is 4.16. The van der Waals surface area contributed by atoms with Crippen molar-refractivity contribution in [2.75, 3.05) is 33.8 Å². The third-order valence-corrected chi connectivity index (χ3v) is 8.95. The highest BCUT2D eigenvalue weighted by Gasteiger charge is 2.34. The number of hydrogen-bond donors (Lipinski definition) is 1. The van der Waals surface area contributed by atoms with Crippen LogP contribution in [-0.4, -0.2) is 63.6 Å². The Kier molecular flexibility index (Phi) is 8.94. The number of benzene rings is 2. The van der Waals surface area contributed by atoms with Gasteiger partial charge in [-0.05, 0) is 61.3 Å². The maximum atomic E-state index is 13.6. The van der Waals surface area contributed by atoms with Crippen LogP contribution in [0.15, 0.2) is 54.6 Å². The molecule has 2 atom stereocenters. The lowest BCUT2D eigenvalue weighted by Gasteiger charge is -2.40. The van der Waals surface area contributed by atoms with Crippen LogP contribution in [0.3, 0.4) is 0 Å². The minimum absolute atomic E-state index is 0.0723. The second-order valence-corrected chi connectivity index (χ2v) is 12.1. The number of halogens is 1. The molecule has 6 nitrogen and oxygen atoms in total. The summed E-state index contributed by atoms with van der Waals surface area (Å²) in [6.45, 7) is 3.00. The van der Waals surface area contributed by atoms with E-state index in [1.54, 1.807) is 26.2 Å². The molecule has 1 saturated heterocycles. The zero-order valence-corrected chi connectivity index (χ0v) is 21.6. The fraction of sp³-hybridized carbons (Fsp3) is 0.556. The summed E-state index contributed by atoms with van der Waals surface area (Å²) < 4.78 is 49.2. The van der Waals surface area contributed by atoms with Crippen molar-refractivity contribution in [3.63, 3.8) is 0 Å². The van der Waals surface area contributed by atoms with E-state index in [2.05, 4.69) is 21.8 Å². The van der Waals surface area contributed by atoms with Crippen molar-refractivity contribution >= 4 is 10.2 Å². The third-order valence-electron chi connectivity index (χ3n) is 7.39. The number of ether oxygens (including phenoxy) is 1. The Hall–Kier alpha value is -1.84. The summed E-state index contributed by atoms with van der Waals surface area (Å²) in [5, 5.41) is 0. The summed E-state index contributed by atoms with van der Waals surface area (Å²) in [4.78, 5) is 2.39. The molecule has 0 aromatic heterocycles. The first-order chi connectivity index (χ1) is 16.8. The van der Waals surface area contributed by atoms with Crippen LogP contribution < -0.4 is 4.72 Å². The number of nitrogens with one attached hydrogen (secondary N) is 1. The van der Waals surface area contributed by atoms with E-state index < -0.39 is 10.2 Å². The Bertz CT molecular complexity index is 1040.